The van der Waals surface area contributed by atoms with Crippen molar-refractivity contribution in [2.24, 2.45) is 11.8 Å². The first kappa shape index (κ1) is 17.4. The monoisotopic (exact) mass is 335 g/mol. The fourth-order valence-corrected chi connectivity index (χ4v) is 3.29. The van der Waals surface area contributed by atoms with Gasteiger partial charge in [0.05, 0.1) is 13.2 Å². The van der Waals surface area contributed by atoms with Gasteiger partial charge >= 0.3 is 0 Å². The molecule has 0 spiro atoms. The zero-order valence-electron chi connectivity index (χ0n) is 15.1. The molecule has 2 fully saturated rings. The summed E-state index contributed by atoms with van der Waals surface area (Å²) in [6.07, 6.45) is 4.82. The third-order valence-corrected chi connectivity index (χ3v) is 5.15. The zero-order chi connectivity index (χ0) is 17.2. The van der Waals surface area contributed by atoms with Gasteiger partial charge in [-0.05, 0) is 5.92 Å². The lowest BCUT2D eigenvalue weighted by Crippen LogP contribution is -2.39. The first-order chi connectivity index (χ1) is 11.4. The molecule has 1 unspecified atom stereocenters. The van der Waals surface area contributed by atoms with Crippen molar-refractivity contribution < 1.29 is 14.1 Å². The van der Waals surface area contributed by atoms with Crippen LogP contribution in [0.5, 0.6) is 0 Å². The van der Waals surface area contributed by atoms with E-state index in [1.165, 1.54) is 19.3 Å². The molecule has 1 aliphatic carbocycles. The van der Waals surface area contributed by atoms with Crippen LogP contribution in [0.4, 0.5) is 0 Å². The fraction of sp³-hybridized carbons (Fsp3) is 0.833. The highest BCUT2D eigenvalue weighted by molar-refractivity contribution is 5.76. The number of amides is 1. The Kier molecular flexibility index (Phi) is 5.23. The minimum absolute atomic E-state index is 0.135. The van der Waals surface area contributed by atoms with Crippen molar-refractivity contribution in [3.63, 3.8) is 0 Å². The summed E-state index contributed by atoms with van der Waals surface area (Å²) in [6.45, 7) is 9.11. The van der Waals surface area contributed by atoms with Crippen LogP contribution in [0, 0.1) is 11.8 Å². The van der Waals surface area contributed by atoms with Gasteiger partial charge in [-0.15, -0.1) is 0 Å². The Morgan fingerprint density at radius 3 is 2.71 bits per heavy atom. The Bertz CT molecular complexity index is 560. The van der Waals surface area contributed by atoms with Crippen molar-refractivity contribution in [3.8, 4) is 0 Å². The van der Waals surface area contributed by atoms with Gasteiger partial charge in [0.2, 0.25) is 11.8 Å². The van der Waals surface area contributed by atoms with Crippen LogP contribution in [0.15, 0.2) is 4.52 Å². The first-order valence-corrected chi connectivity index (χ1v) is 9.12. The second kappa shape index (κ2) is 7.21. The predicted octanol–water partition coefficient (Wildman–Crippen LogP) is 2.57. The maximum absolute atomic E-state index is 12.6. The van der Waals surface area contributed by atoms with Crippen LogP contribution in [0.25, 0.3) is 0 Å². The Morgan fingerprint density at radius 1 is 1.29 bits per heavy atom. The summed E-state index contributed by atoms with van der Waals surface area (Å²) in [7, 11) is 0. The van der Waals surface area contributed by atoms with E-state index in [9.17, 15) is 4.79 Å². The summed E-state index contributed by atoms with van der Waals surface area (Å²) in [5.74, 6) is 2.65. The minimum Gasteiger partial charge on any atom is -0.379 e. The Morgan fingerprint density at radius 2 is 2.08 bits per heavy atom. The molecule has 0 radical (unpaired) electrons. The van der Waals surface area contributed by atoms with Gasteiger partial charge in [0.1, 0.15) is 0 Å². The molecule has 0 bridgehead atoms. The van der Waals surface area contributed by atoms with Gasteiger partial charge in [0.15, 0.2) is 5.82 Å². The molecule has 0 N–H and O–H groups in total. The van der Waals surface area contributed by atoms with Gasteiger partial charge < -0.3 is 14.2 Å². The normalized spacial score (nSPS) is 23.0. The van der Waals surface area contributed by atoms with Crippen LogP contribution in [0.1, 0.15) is 58.2 Å². The Hall–Kier alpha value is -1.43. The lowest BCUT2D eigenvalue weighted by Gasteiger charge is -2.34. The standard InChI is InChI=1S/C18H29N3O3/c1-18(2,3)17-19-15(24-20-17)7-8-16(22)21-9-10-23-12-14(11-21)13-5-4-6-13/h13-14H,4-12H2,1-3H3. The number of carbonyl (C=O) groups excluding carboxylic acids is 1. The molecule has 134 valence electrons. The van der Waals surface area contributed by atoms with E-state index in [2.05, 4.69) is 10.1 Å². The maximum atomic E-state index is 12.6. The summed E-state index contributed by atoms with van der Waals surface area (Å²) in [5, 5.41) is 4.02. The Labute approximate surface area is 143 Å². The van der Waals surface area contributed by atoms with Gasteiger partial charge in [0.25, 0.3) is 0 Å². The molecule has 1 atom stereocenters. The number of hydrogen-bond donors (Lipinski definition) is 0. The molecule has 1 aromatic rings. The molecule has 1 aliphatic heterocycles. The zero-order valence-corrected chi connectivity index (χ0v) is 15.1. The van der Waals surface area contributed by atoms with E-state index in [-0.39, 0.29) is 11.3 Å². The average Bonchev–Trinajstić information content (AvgIpc) is 2.83. The van der Waals surface area contributed by atoms with Crippen LogP contribution < -0.4 is 0 Å². The van der Waals surface area contributed by atoms with Crippen molar-refractivity contribution in [2.45, 2.75) is 58.3 Å². The molecule has 6 heteroatoms. The van der Waals surface area contributed by atoms with E-state index < -0.39 is 0 Å². The number of aryl methyl sites for hydroxylation is 1. The average molecular weight is 335 g/mol. The van der Waals surface area contributed by atoms with E-state index in [4.69, 9.17) is 9.26 Å². The summed E-state index contributed by atoms with van der Waals surface area (Å²) >= 11 is 0. The largest absolute Gasteiger partial charge is 0.379 e. The molecule has 1 saturated carbocycles. The molecule has 2 aliphatic rings. The van der Waals surface area contributed by atoms with Crippen LogP contribution in [-0.4, -0.2) is 47.3 Å². The SMILES string of the molecule is CC(C)(C)c1noc(CCC(=O)N2CCOCC(C3CCC3)C2)n1. The minimum atomic E-state index is -0.135. The highest BCUT2D eigenvalue weighted by Crippen LogP contribution is 2.34. The maximum Gasteiger partial charge on any atom is 0.227 e. The van der Waals surface area contributed by atoms with E-state index in [0.29, 0.717) is 43.6 Å². The number of hydrogen-bond acceptors (Lipinski definition) is 5. The van der Waals surface area contributed by atoms with Crippen molar-refractivity contribution in [2.75, 3.05) is 26.3 Å². The second-order valence-electron chi connectivity index (χ2n) is 8.13. The molecular formula is C18H29N3O3. The van der Waals surface area contributed by atoms with Gasteiger partial charge in [0, 0.05) is 37.3 Å². The second-order valence-corrected chi connectivity index (χ2v) is 8.13. The van der Waals surface area contributed by atoms with Crippen LogP contribution in [0.3, 0.4) is 0 Å². The van der Waals surface area contributed by atoms with Gasteiger partial charge in [-0.2, -0.15) is 4.98 Å². The summed E-state index contributed by atoms with van der Waals surface area (Å²) < 4.78 is 11.0. The van der Waals surface area contributed by atoms with Crippen LogP contribution in [0.2, 0.25) is 0 Å². The summed E-state index contributed by atoms with van der Waals surface area (Å²) in [4.78, 5) is 19.0. The van der Waals surface area contributed by atoms with E-state index in [0.717, 1.165) is 19.1 Å². The van der Waals surface area contributed by atoms with E-state index >= 15 is 0 Å². The highest BCUT2D eigenvalue weighted by atomic mass is 16.5. The van der Waals surface area contributed by atoms with Crippen LogP contribution in [-0.2, 0) is 21.4 Å². The smallest absolute Gasteiger partial charge is 0.227 e. The lowest BCUT2D eigenvalue weighted by atomic mass is 9.76. The number of carbonyl (C=O) groups is 1. The number of ether oxygens (including phenoxy) is 1. The molecule has 24 heavy (non-hydrogen) atoms. The number of aromatic nitrogens is 2. The van der Waals surface area contributed by atoms with Gasteiger partial charge in [-0.1, -0.05) is 45.2 Å². The van der Waals surface area contributed by atoms with Gasteiger partial charge in [-0.3, -0.25) is 4.79 Å². The van der Waals surface area contributed by atoms with Crippen molar-refractivity contribution in [1.82, 2.24) is 15.0 Å². The number of nitrogens with zero attached hydrogens (tertiary/aromatic N) is 3. The molecule has 1 amide bonds. The molecule has 6 nitrogen and oxygen atoms in total. The topological polar surface area (TPSA) is 68.5 Å². The molecule has 0 aromatic carbocycles. The summed E-state index contributed by atoms with van der Waals surface area (Å²) in [5.41, 5.74) is -0.135. The third-order valence-electron chi connectivity index (χ3n) is 5.15. The lowest BCUT2D eigenvalue weighted by molar-refractivity contribution is -0.131. The van der Waals surface area contributed by atoms with Crippen molar-refractivity contribution >= 4 is 5.91 Å². The molecule has 1 aromatic heterocycles. The molecule has 3 rings (SSSR count). The van der Waals surface area contributed by atoms with Crippen molar-refractivity contribution in [1.29, 1.82) is 0 Å². The molecule has 1 saturated heterocycles. The highest BCUT2D eigenvalue weighted by Gasteiger charge is 2.32. The third kappa shape index (κ3) is 4.15. The van der Waals surface area contributed by atoms with E-state index in [1.807, 2.05) is 25.7 Å². The molecule has 2 heterocycles. The van der Waals surface area contributed by atoms with Crippen molar-refractivity contribution in [3.05, 3.63) is 11.7 Å². The Balaban J connectivity index is 1.52. The number of rotatable bonds is 4. The quantitative estimate of drug-likeness (QED) is 0.846. The fourth-order valence-electron chi connectivity index (χ4n) is 3.29. The molecular weight excluding hydrogens is 306 g/mol. The van der Waals surface area contributed by atoms with Crippen LogP contribution >= 0.6 is 0 Å². The predicted molar refractivity (Wildman–Crippen MR) is 89.5 cm³/mol. The van der Waals surface area contributed by atoms with E-state index in [1.54, 1.807) is 0 Å². The van der Waals surface area contributed by atoms with Gasteiger partial charge in [-0.25, -0.2) is 0 Å². The first-order valence-electron chi connectivity index (χ1n) is 9.12. The summed E-state index contributed by atoms with van der Waals surface area (Å²) in [6, 6.07) is 0.